The number of piperazine rings is 3. The van der Waals surface area contributed by atoms with Crippen molar-refractivity contribution in [2.24, 2.45) is 0 Å². The number of para-hydroxylation sites is 2. The lowest BCUT2D eigenvalue weighted by Crippen LogP contribution is -2.56. The normalized spacial score (nSPS) is 14.6. The fourth-order valence-electron chi connectivity index (χ4n) is 13.5. The number of carbonyl (C=O) groups is 8. The van der Waals surface area contributed by atoms with Gasteiger partial charge in [-0.2, -0.15) is 30.6 Å². The standard InChI is InChI=1S/C33H33N3O5S.C27H26ClF3N4O3S.C26H25ClF3N3O4S2/c1-2-30(37)36(26-15-17-28(18-16-26)41-27-12-7-4-8-13-27)31(29-14-9-23-42-29)32(38)34-19-21-35(22-20-34)33(39)40-24-25-10-5-3-6-11-25;1-32(20-8-3-2-4-9-20)26(38)34-14-12-33(13-15-34)25(37)24(22-11-6-16-39-22)35(23(36)18-28)21-10-5-7-19(17-21)27(29,30)31;1-18-7-9-21(10-8-18)39(36,37)32-13-11-31(12-14-32)25(35)24(22-6-3-15-38-22)33(23(34)17-27)20-5-2-4-19(16-20)26(28,29)30/h3-18,23,31H,2,19-22,24H2,1H3;2-11,16-17,24H,12-15,18H2,1H3;2-10,15-16,24H,11-14,17H2,1H3. The summed E-state index contributed by atoms with van der Waals surface area (Å²) in [5.41, 5.74) is 1.05. The third kappa shape index (κ3) is 22.5. The summed E-state index contributed by atoms with van der Waals surface area (Å²) in [5, 5.41) is 5.32. The summed E-state index contributed by atoms with van der Waals surface area (Å²) < 4.78 is 120. The number of sulfonamides is 1. The minimum absolute atomic E-state index is 0.0200. The Bertz CT molecular complexity index is 5210. The number of anilines is 4. The number of nitrogens with zero attached hydrogens (tertiary/aromatic N) is 10. The Morgan fingerprint density at radius 3 is 1.23 bits per heavy atom. The lowest BCUT2D eigenvalue weighted by atomic mass is 10.1. The average Bonchev–Trinajstić information content (AvgIpc) is 1.73. The molecule has 3 aliphatic heterocycles. The zero-order valence-corrected chi connectivity index (χ0v) is 69.9. The molecule has 13 rings (SSSR count). The van der Waals surface area contributed by atoms with Crippen LogP contribution in [-0.4, -0.2) is 182 Å². The molecule has 7 aromatic carbocycles. The highest BCUT2D eigenvalue weighted by atomic mass is 35.5. The van der Waals surface area contributed by atoms with Gasteiger partial charge in [0.2, 0.25) is 27.7 Å². The molecule has 3 fully saturated rings. The minimum atomic E-state index is -4.66. The van der Waals surface area contributed by atoms with Crippen LogP contribution in [0.1, 0.15) is 68.4 Å². The van der Waals surface area contributed by atoms with Crippen molar-refractivity contribution in [3.8, 4) is 11.5 Å². The van der Waals surface area contributed by atoms with E-state index < -0.39 is 93.1 Å². The van der Waals surface area contributed by atoms with Crippen molar-refractivity contribution in [2.75, 3.05) is 117 Å². The summed E-state index contributed by atoms with van der Waals surface area (Å²) in [6, 6.07) is 57.1. The molecule has 0 bridgehead atoms. The third-order valence-electron chi connectivity index (χ3n) is 19.8. The molecule has 0 spiro atoms. The van der Waals surface area contributed by atoms with E-state index in [4.69, 9.17) is 32.7 Å². The van der Waals surface area contributed by atoms with Crippen LogP contribution in [0.2, 0.25) is 0 Å². The highest BCUT2D eigenvalue weighted by molar-refractivity contribution is 7.89. The molecule has 10 aromatic rings. The SMILES string of the molecule is CCC(=O)N(c1ccc(Oc2ccccc2)cc1)C(C(=O)N1CCN(C(=O)OCc2ccccc2)CC1)c1cccs1.CN(C(=O)N1CCN(C(=O)C(c2cccs2)N(C(=O)CCl)c2cccc(C(F)(F)F)c2)CC1)c1ccccc1.Cc1ccc(S(=O)(=O)N2CCN(C(=O)C(c3cccs3)N(C(=O)CCl)c3cccc(C(F)(F)F)c3)CC2)cc1. The molecule has 6 heterocycles. The molecule has 3 aliphatic rings. The molecule has 630 valence electrons. The smallest absolute Gasteiger partial charge is 0.416 e. The Labute approximate surface area is 712 Å². The van der Waals surface area contributed by atoms with Gasteiger partial charge >= 0.3 is 24.5 Å². The first-order valence-corrected chi connectivity index (χ1v) is 43.1. The Balaban J connectivity index is 0.000000176. The van der Waals surface area contributed by atoms with E-state index in [0.29, 0.717) is 53.1 Å². The Morgan fingerprint density at radius 1 is 0.433 bits per heavy atom. The molecular formula is C86H84Cl2F6N10O12S4. The zero-order valence-electron chi connectivity index (χ0n) is 65.2. The molecule has 34 heteroatoms. The molecule has 0 N–H and O–H groups in total. The van der Waals surface area contributed by atoms with Crippen molar-refractivity contribution >= 4 is 138 Å². The molecule has 3 atom stereocenters. The van der Waals surface area contributed by atoms with Gasteiger partial charge < -0.3 is 34.0 Å². The number of rotatable bonds is 22. The third-order valence-corrected chi connectivity index (χ3v) is 24.9. The van der Waals surface area contributed by atoms with Gasteiger partial charge in [0.15, 0.2) is 0 Å². The zero-order chi connectivity index (χ0) is 85.8. The van der Waals surface area contributed by atoms with Crippen molar-refractivity contribution in [3.05, 3.63) is 277 Å². The Kier molecular flexibility index (Phi) is 30.8. The highest BCUT2D eigenvalue weighted by Gasteiger charge is 2.44. The van der Waals surface area contributed by atoms with Gasteiger partial charge in [-0.3, -0.25) is 48.4 Å². The number of halogens is 8. The van der Waals surface area contributed by atoms with Crippen molar-refractivity contribution < 1.29 is 82.6 Å². The van der Waals surface area contributed by atoms with E-state index >= 15 is 0 Å². The van der Waals surface area contributed by atoms with Gasteiger partial charge in [0.1, 0.15) is 48.0 Å². The van der Waals surface area contributed by atoms with Crippen molar-refractivity contribution in [1.29, 1.82) is 0 Å². The maximum Gasteiger partial charge on any atom is 0.416 e. The lowest BCUT2D eigenvalue weighted by molar-refractivity contribution is -0.138. The predicted octanol–water partition coefficient (Wildman–Crippen LogP) is 16.9. The van der Waals surface area contributed by atoms with E-state index in [1.807, 2.05) is 115 Å². The van der Waals surface area contributed by atoms with Gasteiger partial charge in [0.05, 0.1) is 16.0 Å². The van der Waals surface area contributed by atoms with Gasteiger partial charge in [0, 0.05) is 129 Å². The van der Waals surface area contributed by atoms with Crippen LogP contribution in [0.5, 0.6) is 11.5 Å². The monoisotopic (exact) mass is 1760 g/mol. The van der Waals surface area contributed by atoms with Crippen molar-refractivity contribution in [3.63, 3.8) is 0 Å². The van der Waals surface area contributed by atoms with E-state index in [1.54, 1.807) is 105 Å². The molecule has 0 aliphatic carbocycles. The fourth-order valence-corrected chi connectivity index (χ4v) is 17.6. The number of thiophene rings is 3. The van der Waals surface area contributed by atoms with Crippen LogP contribution in [0.3, 0.4) is 0 Å². The van der Waals surface area contributed by atoms with Gasteiger partial charge in [-0.25, -0.2) is 18.0 Å². The topological polar surface area (TPSA) is 222 Å². The summed E-state index contributed by atoms with van der Waals surface area (Å²) in [6.07, 6.45) is -9.46. The molecule has 9 amide bonds. The minimum Gasteiger partial charge on any atom is -0.457 e. The number of amides is 9. The summed E-state index contributed by atoms with van der Waals surface area (Å²) >= 11 is 15.5. The van der Waals surface area contributed by atoms with E-state index in [-0.39, 0.29) is 99.5 Å². The second-order valence-corrected chi connectivity index (χ2v) is 33.0. The van der Waals surface area contributed by atoms with Gasteiger partial charge in [-0.1, -0.05) is 122 Å². The van der Waals surface area contributed by atoms with E-state index in [1.165, 1.54) is 83.3 Å². The number of carbonyl (C=O) groups excluding carboxylic acids is 8. The molecule has 3 saturated heterocycles. The quantitative estimate of drug-likeness (QED) is 0.0457. The first-order chi connectivity index (χ1) is 57.6. The van der Waals surface area contributed by atoms with Crippen molar-refractivity contribution in [1.82, 2.24) is 28.8 Å². The van der Waals surface area contributed by atoms with Gasteiger partial charge in [-0.15, -0.1) is 57.2 Å². The number of benzene rings is 7. The van der Waals surface area contributed by atoms with Crippen LogP contribution < -0.4 is 24.3 Å². The predicted molar refractivity (Wildman–Crippen MR) is 451 cm³/mol. The molecule has 22 nitrogen and oxygen atoms in total. The van der Waals surface area contributed by atoms with Crippen LogP contribution >= 0.6 is 57.2 Å². The van der Waals surface area contributed by atoms with Gasteiger partial charge in [0.25, 0.3) is 17.7 Å². The maximum atomic E-state index is 14.1. The maximum absolute atomic E-state index is 14.1. The number of aryl methyl sites for hydroxylation is 1. The van der Waals surface area contributed by atoms with E-state index in [2.05, 4.69) is 0 Å². The lowest BCUT2D eigenvalue weighted by Gasteiger charge is -2.39. The number of ether oxygens (including phenoxy) is 2. The summed E-state index contributed by atoms with van der Waals surface area (Å²) in [6.45, 7) is 6.25. The van der Waals surface area contributed by atoms with Crippen molar-refractivity contribution in [2.45, 2.75) is 62.2 Å². The first-order valence-electron chi connectivity index (χ1n) is 37.9. The molecule has 120 heavy (non-hydrogen) atoms. The highest BCUT2D eigenvalue weighted by Crippen LogP contribution is 2.41. The second kappa shape index (κ2) is 41.2. The number of alkyl halides is 8. The van der Waals surface area contributed by atoms with Gasteiger partial charge in [-0.05, 0) is 144 Å². The summed E-state index contributed by atoms with van der Waals surface area (Å²) in [7, 11) is -2.10. The molecule has 0 saturated carbocycles. The van der Waals surface area contributed by atoms with Crippen LogP contribution in [0.4, 0.5) is 58.7 Å². The van der Waals surface area contributed by atoms with Crippen LogP contribution in [0.15, 0.2) is 245 Å². The number of hydrogen-bond donors (Lipinski definition) is 0. The van der Waals surface area contributed by atoms with Crippen LogP contribution in [0, 0.1) is 6.92 Å². The second-order valence-electron chi connectivity index (χ2n) is 27.6. The molecule has 3 unspecified atom stereocenters. The van der Waals surface area contributed by atoms with Crippen LogP contribution in [-0.2, 0) is 62.5 Å². The van der Waals surface area contributed by atoms with E-state index in [0.717, 1.165) is 61.8 Å². The molecule has 3 aromatic heterocycles. The fraction of sp³-hybridized carbons (Fsp3) is 0.279. The molecular weight excluding hydrogens is 1680 g/mol. The summed E-state index contributed by atoms with van der Waals surface area (Å²) in [4.78, 5) is 122. The van der Waals surface area contributed by atoms with Crippen LogP contribution in [0.25, 0.3) is 0 Å². The largest absolute Gasteiger partial charge is 0.457 e. The number of urea groups is 1. The summed E-state index contributed by atoms with van der Waals surface area (Å²) in [5.74, 6) is -2.55. The first kappa shape index (κ1) is 89.7. The Hall–Kier alpha value is -11.1. The Morgan fingerprint density at radius 2 is 0.817 bits per heavy atom. The average molecular weight is 1760 g/mol. The number of hydrogen-bond acceptors (Lipinski definition) is 15. The molecule has 0 radical (unpaired) electrons. The van der Waals surface area contributed by atoms with E-state index in [9.17, 15) is 73.1 Å².